The summed E-state index contributed by atoms with van der Waals surface area (Å²) in [5.41, 5.74) is 6.15. The first-order valence-corrected chi connectivity index (χ1v) is 5.83. The zero-order chi connectivity index (χ0) is 12.3. The van der Waals surface area contributed by atoms with Crippen molar-refractivity contribution in [3.8, 4) is 6.07 Å². The van der Waals surface area contributed by atoms with Gasteiger partial charge in [0.1, 0.15) is 10.9 Å². The zero-order valence-corrected chi connectivity index (χ0v) is 10.0. The molecule has 7 heteroatoms. The second-order valence-corrected chi connectivity index (χ2v) is 4.47. The van der Waals surface area contributed by atoms with Gasteiger partial charge in [0.25, 0.3) is 0 Å². The fraction of sp³-hybridized carbons (Fsp3) is 0.300. The Morgan fingerprint density at radius 1 is 1.65 bits per heavy atom. The summed E-state index contributed by atoms with van der Waals surface area (Å²) in [5, 5.41) is 16.5. The predicted octanol–water partition coefficient (Wildman–Crippen LogP) is 1.55. The maximum atomic E-state index is 8.76. The molecule has 0 saturated carbocycles. The van der Waals surface area contributed by atoms with Crippen molar-refractivity contribution in [3.05, 3.63) is 22.7 Å². The van der Waals surface area contributed by atoms with Crippen LogP contribution in [0, 0.1) is 18.3 Å². The van der Waals surface area contributed by atoms with E-state index in [-0.39, 0.29) is 0 Å². The van der Waals surface area contributed by atoms with Crippen LogP contribution >= 0.6 is 11.3 Å². The van der Waals surface area contributed by atoms with Gasteiger partial charge in [0.05, 0.1) is 10.7 Å². The summed E-state index contributed by atoms with van der Waals surface area (Å²) in [6.07, 6.45) is 0.639. The van der Waals surface area contributed by atoms with Crippen LogP contribution in [0.1, 0.15) is 16.6 Å². The molecule has 0 unspecified atom stereocenters. The summed E-state index contributed by atoms with van der Waals surface area (Å²) >= 11 is 1.34. The highest BCUT2D eigenvalue weighted by atomic mass is 32.1. The van der Waals surface area contributed by atoms with Gasteiger partial charge in [0, 0.05) is 13.0 Å². The Hall–Kier alpha value is -2.07. The molecule has 2 aromatic rings. The van der Waals surface area contributed by atoms with Crippen molar-refractivity contribution in [1.82, 2.24) is 10.1 Å². The molecule has 88 valence electrons. The van der Waals surface area contributed by atoms with E-state index in [0.717, 1.165) is 5.00 Å². The lowest BCUT2D eigenvalue weighted by molar-refractivity contribution is 0.377. The van der Waals surface area contributed by atoms with Crippen molar-refractivity contribution in [2.24, 2.45) is 0 Å². The number of nitriles is 1. The van der Waals surface area contributed by atoms with Gasteiger partial charge in [-0.25, -0.2) is 0 Å². The van der Waals surface area contributed by atoms with Crippen LogP contribution in [0.4, 0.5) is 10.7 Å². The lowest BCUT2D eigenvalue weighted by Crippen LogP contribution is -2.03. The van der Waals surface area contributed by atoms with E-state index in [0.29, 0.717) is 35.2 Å². The van der Waals surface area contributed by atoms with Crippen LogP contribution in [0.25, 0.3) is 0 Å². The van der Waals surface area contributed by atoms with E-state index >= 15 is 0 Å². The van der Waals surface area contributed by atoms with Crippen molar-refractivity contribution < 1.29 is 4.52 Å². The molecule has 0 radical (unpaired) electrons. The average molecular weight is 249 g/mol. The Bertz CT molecular complexity index is 553. The molecule has 0 amide bonds. The summed E-state index contributed by atoms with van der Waals surface area (Å²) in [4.78, 5) is 4.62. The lowest BCUT2D eigenvalue weighted by atomic mass is 10.4. The normalized spacial score (nSPS) is 10.1. The zero-order valence-electron chi connectivity index (χ0n) is 9.23. The van der Waals surface area contributed by atoms with Gasteiger partial charge in [0.2, 0.25) is 5.89 Å². The summed E-state index contributed by atoms with van der Waals surface area (Å²) in [5.74, 6) is 1.23. The number of hydrogen-bond acceptors (Lipinski definition) is 7. The van der Waals surface area contributed by atoms with E-state index in [9.17, 15) is 0 Å². The molecule has 2 aromatic heterocycles. The maximum Gasteiger partial charge on any atom is 0.228 e. The summed E-state index contributed by atoms with van der Waals surface area (Å²) in [7, 11) is 0. The molecule has 0 fully saturated rings. The molecule has 0 aromatic carbocycles. The van der Waals surface area contributed by atoms with Gasteiger partial charge in [-0.2, -0.15) is 10.2 Å². The topological polar surface area (TPSA) is 101 Å². The number of aromatic nitrogens is 2. The van der Waals surface area contributed by atoms with Gasteiger partial charge in [-0.15, -0.1) is 11.3 Å². The van der Waals surface area contributed by atoms with Crippen LogP contribution in [0.2, 0.25) is 0 Å². The SMILES string of the molecule is Cc1noc(CCNc2cc(N)c(C#N)s2)n1. The number of rotatable bonds is 4. The number of nitrogens with one attached hydrogen (secondary N) is 1. The van der Waals surface area contributed by atoms with Crippen molar-refractivity contribution in [2.75, 3.05) is 17.6 Å². The molecule has 2 heterocycles. The summed E-state index contributed by atoms with van der Waals surface area (Å²) in [6, 6.07) is 3.79. The highest BCUT2D eigenvalue weighted by Crippen LogP contribution is 2.27. The number of aryl methyl sites for hydroxylation is 1. The van der Waals surface area contributed by atoms with E-state index in [4.69, 9.17) is 15.5 Å². The first-order chi connectivity index (χ1) is 8.19. The number of nitrogens with two attached hydrogens (primary N) is 1. The largest absolute Gasteiger partial charge is 0.397 e. The van der Waals surface area contributed by atoms with Crippen LogP contribution in [-0.4, -0.2) is 16.7 Å². The monoisotopic (exact) mass is 249 g/mol. The minimum atomic E-state index is 0.508. The minimum absolute atomic E-state index is 0.508. The molecule has 0 saturated heterocycles. The molecule has 0 aliphatic rings. The lowest BCUT2D eigenvalue weighted by Gasteiger charge is -1.99. The predicted molar refractivity (Wildman–Crippen MR) is 64.7 cm³/mol. The Kier molecular flexibility index (Phi) is 3.25. The smallest absolute Gasteiger partial charge is 0.228 e. The number of hydrogen-bond donors (Lipinski definition) is 2. The van der Waals surface area contributed by atoms with Crippen molar-refractivity contribution >= 4 is 22.0 Å². The average Bonchev–Trinajstić information content (AvgIpc) is 2.85. The molecule has 0 spiro atoms. The molecule has 17 heavy (non-hydrogen) atoms. The molecule has 0 aliphatic carbocycles. The van der Waals surface area contributed by atoms with E-state index in [1.165, 1.54) is 11.3 Å². The molecule has 0 atom stereocenters. The Labute approximate surface area is 102 Å². The van der Waals surface area contributed by atoms with E-state index in [1.54, 1.807) is 13.0 Å². The van der Waals surface area contributed by atoms with Crippen molar-refractivity contribution in [3.63, 3.8) is 0 Å². The Morgan fingerprint density at radius 3 is 3.06 bits per heavy atom. The molecule has 0 aliphatic heterocycles. The fourth-order valence-corrected chi connectivity index (χ4v) is 2.12. The number of nitrogen functional groups attached to an aromatic ring is 1. The second kappa shape index (κ2) is 4.84. The van der Waals surface area contributed by atoms with Crippen LogP contribution in [-0.2, 0) is 6.42 Å². The third kappa shape index (κ3) is 2.73. The van der Waals surface area contributed by atoms with Crippen molar-refractivity contribution in [1.29, 1.82) is 5.26 Å². The molecule has 3 N–H and O–H groups in total. The third-order valence-electron chi connectivity index (χ3n) is 2.07. The second-order valence-electron chi connectivity index (χ2n) is 3.42. The molecular weight excluding hydrogens is 238 g/mol. The number of nitrogens with zero attached hydrogens (tertiary/aromatic N) is 3. The first kappa shape index (κ1) is 11.4. The molecular formula is C10H11N5OS. The molecule has 0 bridgehead atoms. The third-order valence-corrected chi connectivity index (χ3v) is 3.08. The van der Waals surface area contributed by atoms with Gasteiger partial charge < -0.3 is 15.6 Å². The minimum Gasteiger partial charge on any atom is -0.397 e. The van der Waals surface area contributed by atoms with Gasteiger partial charge in [0.15, 0.2) is 5.82 Å². The Morgan fingerprint density at radius 2 is 2.47 bits per heavy atom. The number of anilines is 2. The van der Waals surface area contributed by atoms with E-state index in [1.807, 2.05) is 6.07 Å². The summed E-state index contributed by atoms with van der Waals surface area (Å²) < 4.78 is 4.98. The standard InChI is InChI=1S/C10H11N5OS/c1-6-14-9(16-15-6)2-3-13-10-4-7(12)8(5-11)17-10/h4,13H,2-3,12H2,1H3. The van der Waals surface area contributed by atoms with Crippen LogP contribution in [0.15, 0.2) is 10.6 Å². The highest BCUT2D eigenvalue weighted by Gasteiger charge is 2.06. The van der Waals surface area contributed by atoms with E-state index < -0.39 is 0 Å². The number of thiophene rings is 1. The van der Waals surface area contributed by atoms with Crippen LogP contribution < -0.4 is 11.1 Å². The fourth-order valence-electron chi connectivity index (χ4n) is 1.31. The van der Waals surface area contributed by atoms with E-state index in [2.05, 4.69) is 15.5 Å². The van der Waals surface area contributed by atoms with Gasteiger partial charge in [-0.05, 0) is 13.0 Å². The van der Waals surface area contributed by atoms with Crippen LogP contribution in [0.3, 0.4) is 0 Å². The molecule has 6 nitrogen and oxygen atoms in total. The van der Waals surface area contributed by atoms with Gasteiger partial charge in [-0.1, -0.05) is 5.16 Å². The van der Waals surface area contributed by atoms with Crippen molar-refractivity contribution in [2.45, 2.75) is 13.3 Å². The first-order valence-electron chi connectivity index (χ1n) is 5.01. The Balaban J connectivity index is 1.88. The van der Waals surface area contributed by atoms with Crippen LogP contribution in [0.5, 0.6) is 0 Å². The molecule has 2 rings (SSSR count). The summed E-state index contributed by atoms with van der Waals surface area (Å²) in [6.45, 7) is 2.44. The maximum absolute atomic E-state index is 8.76. The van der Waals surface area contributed by atoms with Gasteiger partial charge >= 0.3 is 0 Å². The quantitative estimate of drug-likeness (QED) is 0.852. The highest BCUT2D eigenvalue weighted by molar-refractivity contribution is 7.17. The van der Waals surface area contributed by atoms with Gasteiger partial charge in [-0.3, -0.25) is 0 Å².